The van der Waals surface area contributed by atoms with E-state index in [0.29, 0.717) is 17.4 Å². The zero-order chi connectivity index (χ0) is 22.3. The minimum absolute atomic E-state index is 0.0143. The van der Waals surface area contributed by atoms with Gasteiger partial charge in [-0.25, -0.2) is 0 Å². The Balaban J connectivity index is 1.57. The molecule has 7 nitrogen and oxygen atoms in total. The van der Waals surface area contributed by atoms with Gasteiger partial charge in [0.25, 0.3) is 5.56 Å². The predicted molar refractivity (Wildman–Crippen MR) is 116 cm³/mol. The largest absolute Gasteiger partial charge is 0.435 e. The van der Waals surface area contributed by atoms with Gasteiger partial charge in [-0.1, -0.05) is 19.1 Å². The standard InChI is InChI=1S/C22H29F2N5O2/c1-13-7-8-22(17(13)25)9-11-29(12-10-22)21-27-18(26)16(19(30)28(21)2)14-3-5-15(6-4-14)31-20(23)24/h3-6,13,17,20H,7-12,25-26H2,1-2H3/t13-,17-/m1/s1. The highest BCUT2D eigenvalue weighted by molar-refractivity contribution is 5.74. The SMILES string of the molecule is C[C@@H]1CCC2(CCN(c3nc(N)c(-c4ccc(OC(F)F)cc4)c(=O)n3C)CC2)[C@@H]1N. The van der Waals surface area contributed by atoms with E-state index in [0.717, 1.165) is 32.4 Å². The molecule has 1 spiro atoms. The first-order chi connectivity index (χ1) is 14.7. The van der Waals surface area contributed by atoms with Gasteiger partial charge in [-0.05, 0) is 54.7 Å². The van der Waals surface area contributed by atoms with Crippen molar-refractivity contribution in [3.63, 3.8) is 0 Å². The smallest absolute Gasteiger partial charge is 0.387 e. The van der Waals surface area contributed by atoms with E-state index < -0.39 is 6.61 Å². The van der Waals surface area contributed by atoms with Crippen molar-refractivity contribution in [3.8, 4) is 16.9 Å². The Bertz CT molecular complexity index is 1000. The third kappa shape index (κ3) is 3.86. The fourth-order valence-electron chi connectivity index (χ4n) is 5.16. The van der Waals surface area contributed by atoms with E-state index in [-0.39, 0.29) is 34.1 Å². The van der Waals surface area contributed by atoms with E-state index in [2.05, 4.69) is 21.5 Å². The average Bonchev–Trinajstić information content (AvgIpc) is 3.01. The number of piperidine rings is 1. The molecule has 168 valence electrons. The minimum Gasteiger partial charge on any atom is -0.435 e. The van der Waals surface area contributed by atoms with Crippen molar-refractivity contribution in [2.24, 2.45) is 24.1 Å². The lowest BCUT2D eigenvalue weighted by molar-refractivity contribution is -0.0498. The monoisotopic (exact) mass is 433 g/mol. The van der Waals surface area contributed by atoms with Crippen molar-refractivity contribution >= 4 is 11.8 Å². The topological polar surface area (TPSA) is 99.4 Å². The van der Waals surface area contributed by atoms with Crippen molar-refractivity contribution in [2.75, 3.05) is 23.7 Å². The summed E-state index contributed by atoms with van der Waals surface area (Å²) in [5.41, 5.74) is 13.3. The molecule has 0 radical (unpaired) electrons. The average molecular weight is 434 g/mol. The third-order valence-corrected chi connectivity index (χ3v) is 7.12. The first kappa shape index (κ1) is 21.5. The van der Waals surface area contributed by atoms with Crippen LogP contribution in [0.1, 0.15) is 32.6 Å². The Morgan fingerprint density at radius 2 is 1.84 bits per heavy atom. The summed E-state index contributed by atoms with van der Waals surface area (Å²) in [7, 11) is 1.68. The van der Waals surface area contributed by atoms with Gasteiger partial charge in [0.1, 0.15) is 11.6 Å². The summed E-state index contributed by atoms with van der Waals surface area (Å²) in [6.07, 6.45) is 4.27. The molecule has 4 rings (SSSR count). The lowest BCUT2D eigenvalue weighted by Gasteiger charge is -2.43. The van der Waals surface area contributed by atoms with Crippen molar-refractivity contribution in [3.05, 3.63) is 34.6 Å². The number of hydrogen-bond acceptors (Lipinski definition) is 6. The molecule has 1 saturated carbocycles. The molecule has 4 N–H and O–H groups in total. The first-order valence-corrected chi connectivity index (χ1v) is 10.6. The molecule has 1 aliphatic heterocycles. The van der Waals surface area contributed by atoms with E-state index in [9.17, 15) is 13.6 Å². The Kier molecular flexibility index (Phi) is 5.63. The fourth-order valence-corrected chi connectivity index (χ4v) is 5.16. The number of nitrogen functional groups attached to an aromatic ring is 1. The highest BCUT2D eigenvalue weighted by Gasteiger charge is 2.46. The van der Waals surface area contributed by atoms with E-state index in [1.165, 1.54) is 35.3 Å². The van der Waals surface area contributed by atoms with Crippen LogP contribution in [0, 0.1) is 11.3 Å². The number of anilines is 2. The molecular weight excluding hydrogens is 404 g/mol. The number of halogens is 2. The predicted octanol–water partition coefficient (Wildman–Crippen LogP) is 2.97. The summed E-state index contributed by atoms with van der Waals surface area (Å²) in [4.78, 5) is 19.7. The molecule has 2 fully saturated rings. The number of ether oxygens (including phenoxy) is 1. The van der Waals surface area contributed by atoms with Gasteiger partial charge in [0.05, 0.1) is 5.56 Å². The van der Waals surface area contributed by atoms with E-state index in [1.54, 1.807) is 7.05 Å². The van der Waals surface area contributed by atoms with E-state index in [1.807, 2.05) is 0 Å². The summed E-state index contributed by atoms with van der Waals surface area (Å²) in [5, 5.41) is 0. The molecule has 31 heavy (non-hydrogen) atoms. The number of benzene rings is 1. The van der Waals surface area contributed by atoms with Gasteiger partial charge < -0.3 is 21.1 Å². The van der Waals surface area contributed by atoms with Crippen LogP contribution in [0.4, 0.5) is 20.5 Å². The highest BCUT2D eigenvalue weighted by atomic mass is 19.3. The zero-order valence-corrected chi connectivity index (χ0v) is 17.9. The summed E-state index contributed by atoms with van der Waals surface area (Å²) < 4.78 is 30.6. The molecule has 2 aromatic rings. The maximum absolute atomic E-state index is 13.1. The maximum Gasteiger partial charge on any atom is 0.387 e. The number of nitrogens with zero attached hydrogens (tertiary/aromatic N) is 3. The van der Waals surface area contributed by atoms with Crippen LogP contribution in [0.25, 0.3) is 11.1 Å². The third-order valence-electron chi connectivity index (χ3n) is 7.12. The van der Waals surface area contributed by atoms with Crippen LogP contribution in [-0.4, -0.2) is 35.3 Å². The summed E-state index contributed by atoms with van der Waals surface area (Å²) in [5.74, 6) is 1.22. The summed E-state index contributed by atoms with van der Waals surface area (Å²) in [6.45, 7) is 0.872. The maximum atomic E-state index is 13.1. The number of aromatic nitrogens is 2. The van der Waals surface area contributed by atoms with Gasteiger partial charge in [-0.3, -0.25) is 9.36 Å². The normalized spacial score (nSPS) is 23.0. The van der Waals surface area contributed by atoms with Gasteiger partial charge in [-0.15, -0.1) is 0 Å². The lowest BCUT2D eigenvalue weighted by Crippen LogP contribution is -2.49. The minimum atomic E-state index is -2.91. The summed E-state index contributed by atoms with van der Waals surface area (Å²) in [6, 6.07) is 6.03. The molecule has 1 aliphatic carbocycles. The molecule has 1 aromatic carbocycles. The second kappa shape index (κ2) is 8.11. The molecule has 0 unspecified atom stereocenters. The Hall–Kier alpha value is -2.68. The number of nitrogens with two attached hydrogens (primary N) is 2. The van der Waals surface area contributed by atoms with Crippen LogP contribution in [0.2, 0.25) is 0 Å². The molecule has 0 amide bonds. The Morgan fingerprint density at radius 1 is 1.19 bits per heavy atom. The quantitative estimate of drug-likeness (QED) is 0.769. The van der Waals surface area contributed by atoms with Gasteiger partial charge >= 0.3 is 6.61 Å². The fraction of sp³-hybridized carbons (Fsp3) is 0.545. The second-order valence-corrected chi connectivity index (χ2v) is 8.83. The van der Waals surface area contributed by atoms with Crippen molar-refractivity contribution in [2.45, 2.75) is 45.3 Å². The summed E-state index contributed by atoms with van der Waals surface area (Å²) >= 11 is 0. The van der Waals surface area contributed by atoms with Crippen LogP contribution < -0.4 is 26.7 Å². The molecule has 2 aliphatic rings. The van der Waals surface area contributed by atoms with Crippen LogP contribution in [0.3, 0.4) is 0 Å². The van der Waals surface area contributed by atoms with Crippen LogP contribution in [-0.2, 0) is 7.05 Å². The second-order valence-electron chi connectivity index (χ2n) is 8.83. The molecule has 0 bridgehead atoms. The molecule has 1 saturated heterocycles. The van der Waals surface area contributed by atoms with Crippen molar-refractivity contribution in [1.29, 1.82) is 0 Å². The number of hydrogen-bond donors (Lipinski definition) is 2. The van der Waals surface area contributed by atoms with Crippen molar-refractivity contribution < 1.29 is 13.5 Å². The molecule has 9 heteroatoms. The van der Waals surface area contributed by atoms with Crippen molar-refractivity contribution in [1.82, 2.24) is 9.55 Å². The molecule has 2 heterocycles. The van der Waals surface area contributed by atoms with Gasteiger partial charge in [-0.2, -0.15) is 13.8 Å². The first-order valence-electron chi connectivity index (χ1n) is 10.6. The Labute approximate surface area is 180 Å². The van der Waals surface area contributed by atoms with Gasteiger partial charge in [0.15, 0.2) is 0 Å². The van der Waals surface area contributed by atoms with Gasteiger partial charge in [0.2, 0.25) is 5.95 Å². The molecule has 2 atom stereocenters. The molecular formula is C22H29F2N5O2. The van der Waals surface area contributed by atoms with E-state index >= 15 is 0 Å². The molecule has 1 aromatic heterocycles. The van der Waals surface area contributed by atoms with Crippen LogP contribution >= 0.6 is 0 Å². The van der Waals surface area contributed by atoms with Gasteiger partial charge in [0, 0.05) is 26.2 Å². The van der Waals surface area contributed by atoms with Crippen LogP contribution in [0.5, 0.6) is 5.75 Å². The number of alkyl halides is 2. The lowest BCUT2D eigenvalue weighted by atomic mass is 9.73. The zero-order valence-electron chi connectivity index (χ0n) is 17.9. The van der Waals surface area contributed by atoms with Crippen LogP contribution in [0.15, 0.2) is 29.1 Å². The highest BCUT2D eigenvalue weighted by Crippen LogP contribution is 2.48. The number of rotatable bonds is 4. The van der Waals surface area contributed by atoms with E-state index in [4.69, 9.17) is 11.5 Å². The Morgan fingerprint density at radius 3 is 2.39 bits per heavy atom.